The molecule has 2 aromatic carbocycles. The Bertz CT molecular complexity index is 1160. The highest BCUT2D eigenvalue weighted by molar-refractivity contribution is 5.80. The molecule has 0 radical (unpaired) electrons. The Morgan fingerprint density at radius 1 is 1.25 bits per heavy atom. The van der Waals surface area contributed by atoms with Crippen LogP contribution in [0.3, 0.4) is 0 Å². The van der Waals surface area contributed by atoms with Crippen LogP contribution in [0.5, 0.6) is 11.5 Å². The van der Waals surface area contributed by atoms with Gasteiger partial charge in [0.15, 0.2) is 17.3 Å². The number of anilines is 1. The molecule has 8 heteroatoms. The monoisotopic (exact) mass is 436 g/mol. The number of H-pyrrole nitrogens is 1. The van der Waals surface area contributed by atoms with Crippen molar-refractivity contribution in [1.82, 2.24) is 15.3 Å². The Kier molecular flexibility index (Phi) is 6.58. The standard InChI is InChI=1S/C24H28N4O4/c1-3-32-21-13-16(10-11-20(21)31-2)14-25-23(29)17-7-6-12-28(15-17)22-24(30)27-19-9-5-4-8-18(19)26-22/h4-5,8-11,13,17H,3,6-7,12,14-15H2,1-2H3,(H,25,29)(H,27,30)/t17-/m1/s1. The van der Waals surface area contributed by atoms with Crippen molar-refractivity contribution >= 4 is 22.8 Å². The number of methoxy groups -OCH3 is 1. The van der Waals surface area contributed by atoms with Crippen molar-refractivity contribution in [2.75, 3.05) is 31.7 Å². The minimum atomic E-state index is -0.230. The van der Waals surface area contributed by atoms with Crippen LogP contribution in [0.1, 0.15) is 25.3 Å². The van der Waals surface area contributed by atoms with Gasteiger partial charge in [-0.1, -0.05) is 18.2 Å². The normalized spacial score (nSPS) is 16.1. The lowest BCUT2D eigenvalue weighted by Gasteiger charge is -2.32. The minimum Gasteiger partial charge on any atom is -0.493 e. The van der Waals surface area contributed by atoms with Crippen LogP contribution in [0.4, 0.5) is 5.82 Å². The van der Waals surface area contributed by atoms with Gasteiger partial charge in [-0.05, 0) is 49.6 Å². The van der Waals surface area contributed by atoms with E-state index in [1.165, 1.54) is 0 Å². The highest BCUT2D eigenvalue weighted by Gasteiger charge is 2.28. The lowest BCUT2D eigenvalue weighted by atomic mass is 9.97. The first-order valence-corrected chi connectivity index (χ1v) is 10.9. The van der Waals surface area contributed by atoms with Gasteiger partial charge in [-0.2, -0.15) is 0 Å². The predicted molar refractivity (Wildman–Crippen MR) is 123 cm³/mol. The number of nitrogens with zero attached hydrogens (tertiary/aromatic N) is 2. The van der Waals surface area contributed by atoms with Crippen molar-refractivity contribution in [1.29, 1.82) is 0 Å². The molecule has 1 aliphatic heterocycles. The lowest BCUT2D eigenvalue weighted by molar-refractivity contribution is -0.125. The van der Waals surface area contributed by atoms with Crippen molar-refractivity contribution < 1.29 is 14.3 Å². The fourth-order valence-corrected chi connectivity index (χ4v) is 4.05. The van der Waals surface area contributed by atoms with E-state index in [0.717, 1.165) is 23.9 Å². The number of fused-ring (bicyclic) bond motifs is 1. The average molecular weight is 437 g/mol. The number of nitrogens with one attached hydrogen (secondary N) is 2. The van der Waals surface area contributed by atoms with Gasteiger partial charge < -0.3 is 24.7 Å². The highest BCUT2D eigenvalue weighted by Crippen LogP contribution is 2.28. The van der Waals surface area contributed by atoms with Crippen LogP contribution in [-0.4, -0.2) is 42.7 Å². The molecular weight excluding hydrogens is 408 g/mol. The van der Waals surface area contributed by atoms with Crippen molar-refractivity contribution in [2.45, 2.75) is 26.3 Å². The highest BCUT2D eigenvalue weighted by atomic mass is 16.5. The lowest BCUT2D eigenvalue weighted by Crippen LogP contribution is -2.44. The summed E-state index contributed by atoms with van der Waals surface area (Å²) in [6.07, 6.45) is 1.60. The first-order valence-electron chi connectivity index (χ1n) is 10.9. The first kappa shape index (κ1) is 21.7. The molecule has 32 heavy (non-hydrogen) atoms. The molecule has 1 aliphatic rings. The van der Waals surface area contributed by atoms with Gasteiger partial charge in [0.1, 0.15) is 0 Å². The van der Waals surface area contributed by atoms with E-state index in [2.05, 4.69) is 15.3 Å². The molecule has 168 valence electrons. The summed E-state index contributed by atoms with van der Waals surface area (Å²) in [4.78, 5) is 34.8. The molecule has 8 nitrogen and oxygen atoms in total. The molecule has 1 fully saturated rings. The minimum absolute atomic E-state index is 0.0271. The Hall–Kier alpha value is -3.55. The Labute approximate surface area is 186 Å². The third-order valence-corrected chi connectivity index (χ3v) is 5.67. The number of amides is 1. The van der Waals surface area contributed by atoms with Crippen molar-refractivity contribution in [2.24, 2.45) is 5.92 Å². The molecule has 1 amide bonds. The van der Waals surface area contributed by atoms with Crippen LogP contribution < -0.4 is 25.2 Å². The summed E-state index contributed by atoms with van der Waals surface area (Å²) >= 11 is 0. The van der Waals surface area contributed by atoms with Crippen molar-refractivity contribution in [3.8, 4) is 11.5 Å². The van der Waals surface area contributed by atoms with Crippen LogP contribution in [-0.2, 0) is 11.3 Å². The second-order valence-electron chi connectivity index (χ2n) is 7.83. The molecule has 0 saturated carbocycles. The molecule has 4 rings (SSSR count). The maximum Gasteiger partial charge on any atom is 0.291 e. The number of para-hydroxylation sites is 2. The van der Waals surface area contributed by atoms with E-state index in [1.54, 1.807) is 7.11 Å². The average Bonchev–Trinajstić information content (AvgIpc) is 2.82. The SMILES string of the molecule is CCOc1cc(CNC(=O)[C@@H]2CCCN(c3nc4ccccc4[nH]c3=O)C2)ccc1OC. The van der Waals surface area contributed by atoms with Gasteiger partial charge in [-0.15, -0.1) is 0 Å². The first-order chi connectivity index (χ1) is 15.6. The second kappa shape index (κ2) is 9.72. The van der Waals surface area contributed by atoms with Crippen LogP contribution in [0, 0.1) is 5.92 Å². The van der Waals surface area contributed by atoms with E-state index in [9.17, 15) is 9.59 Å². The van der Waals surface area contributed by atoms with E-state index >= 15 is 0 Å². The zero-order chi connectivity index (χ0) is 22.5. The number of aromatic nitrogens is 2. The van der Waals surface area contributed by atoms with E-state index in [1.807, 2.05) is 54.3 Å². The number of ether oxygens (including phenoxy) is 2. The van der Waals surface area contributed by atoms with E-state index < -0.39 is 0 Å². The number of benzene rings is 2. The van der Waals surface area contributed by atoms with E-state index in [4.69, 9.17) is 9.47 Å². The van der Waals surface area contributed by atoms with Gasteiger partial charge in [0.2, 0.25) is 5.91 Å². The molecule has 2 heterocycles. The third kappa shape index (κ3) is 4.69. The fourth-order valence-electron chi connectivity index (χ4n) is 4.05. The number of hydrogen-bond acceptors (Lipinski definition) is 6. The summed E-state index contributed by atoms with van der Waals surface area (Å²) < 4.78 is 10.9. The number of rotatable bonds is 7. The zero-order valence-electron chi connectivity index (χ0n) is 18.4. The number of hydrogen-bond donors (Lipinski definition) is 2. The van der Waals surface area contributed by atoms with Gasteiger partial charge in [-0.3, -0.25) is 9.59 Å². The van der Waals surface area contributed by atoms with Gasteiger partial charge in [-0.25, -0.2) is 4.98 Å². The summed E-state index contributed by atoms with van der Waals surface area (Å²) in [7, 11) is 1.60. The molecule has 1 saturated heterocycles. The van der Waals surface area contributed by atoms with Crippen LogP contribution in [0.25, 0.3) is 11.0 Å². The molecule has 1 aromatic heterocycles. The van der Waals surface area contributed by atoms with Gasteiger partial charge >= 0.3 is 0 Å². The Morgan fingerprint density at radius 2 is 2.09 bits per heavy atom. The largest absolute Gasteiger partial charge is 0.493 e. The van der Waals surface area contributed by atoms with Gasteiger partial charge in [0.25, 0.3) is 5.56 Å². The fraction of sp³-hybridized carbons (Fsp3) is 0.375. The second-order valence-corrected chi connectivity index (χ2v) is 7.83. The summed E-state index contributed by atoms with van der Waals surface area (Å²) in [5.41, 5.74) is 2.14. The van der Waals surface area contributed by atoms with E-state index in [-0.39, 0.29) is 17.4 Å². The molecule has 0 unspecified atom stereocenters. The molecule has 0 aliphatic carbocycles. The molecule has 0 spiro atoms. The Balaban J connectivity index is 1.42. The van der Waals surface area contributed by atoms with Crippen LogP contribution in [0.2, 0.25) is 0 Å². The molecule has 0 bridgehead atoms. The maximum atomic E-state index is 12.9. The molecular formula is C24H28N4O4. The number of piperidine rings is 1. The molecule has 1 atom stereocenters. The number of carbonyl (C=O) groups excluding carboxylic acids is 1. The topological polar surface area (TPSA) is 96.5 Å². The number of aromatic amines is 1. The Morgan fingerprint density at radius 3 is 2.91 bits per heavy atom. The summed E-state index contributed by atoms with van der Waals surface area (Å²) in [5.74, 6) is 1.46. The quantitative estimate of drug-likeness (QED) is 0.591. The summed E-state index contributed by atoms with van der Waals surface area (Å²) in [6, 6.07) is 13.1. The van der Waals surface area contributed by atoms with Crippen LogP contribution >= 0.6 is 0 Å². The van der Waals surface area contributed by atoms with Crippen molar-refractivity contribution in [3.05, 3.63) is 58.4 Å². The maximum absolute atomic E-state index is 12.9. The smallest absolute Gasteiger partial charge is 0.291 e. The summed E-state index contributed by atoms with van der Waals surface area (Å²) in [6.45, 7) is 4.01. The molecule has 2 N–H and O–H groups in total. The third-order valence-electron chi connectivity index (χ3n) is 5.67. The molecule has 3 aromatic rings. The van der Waals surface area contributed by atoms with Gasteiger partial charge in [0.05, 0.1) is 30.7 Å². The van der Waals surface area contributed by atoms with Gasteiger partial charge in [0, 0.05) is 19.6 Å². The zero-order valence-corrected chi connectivity index (χ0v) is 18.4. The van der Waals surface area contributed by atoms with Crippen LogP contribution in [0.15, 0.2) is 47.3 Å². The summed E-state index contributed by atoms with van der Waals surface area (Å²) in [5, 5.41) is 3.02. The van der Waals surface area contributed by atoms with Crippen molar-refractivity contribution in [3.63, 3.8) is 0 Å². The van der Waals surface area contributed by atoms with E-state index in [0.29, 0.717) is 49.1 Å². The number of carbonyl (C=O) groups is 1. The predicted octanol–water partition coefficient (Wildman–Crippen LogP) is 2.86.